The molecule has 5 aromatic rings. The Balaban J connectivity index is 1.16. The average molecular weight is 552 g/mol. The lowest BCUT2D eigenvalue weighted by atomic mass is 10.1. The van der Waals surface area contributed by atoms with Gasteiger partial charge in [-0.1, -0.05) is 6.92 Å². The molecule has 1 aromatic carbocycles. The first-order valence-corrected chi connectivity index (χ1v) is 14.2. The van der Waals surface area contributed by atoms with Crippen molar-refractivity contribution in [2.24, 2.45) is 0 Å². The van der Waals surface area contributed by atoms with Crippen molar-refractivity contribution in [2.45, 2.75) is 38.9 Å². The second-order valence-corrected chi connectivity index (χ2v) is 10.5. The Labute approximate surface area is 238 Å². The standard InChI is InChI=1S/C31H33N7O3/c1-2-21-13-27(37-7-10-39-11-8-37)24-6-5-23(14-26(24)36-21)41-18-20-12-22(16-33-15-20)38-17-25(28-4-3-9-40-28)29-30(32)34-19-35-31(29)38/h5-6,12-17,19,28H,2-4,7-11,18H2,1H3,(H2,32,34,35)/t28-/m1/s1. The lowest BCUT2D eigenvalue weighted by molar-refractivity contribution is 0.113. The fraction of sp³-hybridized carbons (Fsp3) is 0.355. The van der Waals surface area contributed by atoms with Gasteiger partial charge in [-0.15, -0.1) is 0 Å². The maximum Gasteiger partial charge on any atom is 0.150 e. The fourth-order valence-corrected chi connectivity index (χ4v) is 5.81. The monoisotopic (exact) mass is 551 g/mol. The number of rotatable bonds is 7. The molecule has 0 saturated carbocycles. The molecule has 2 saturated heterocycles. The van der Waals surface area contributed by atoms with Gasteiger partial charge in [0.1, 0.15) is 30.1 Å². The topological polar surface area (TPSA) is 113 Å². The molecule has 10 nitrogen and oxygen atoms in total. The predicted octanol–water partition coefficient (Wildman–Crippen LogP) is 4.78. The lowest BCUT2D eigenvalue weighted by Gasteiger charge is -2.30. The molecule has 2 N–H and O–H groups in total. The van der Waals surface area contributed by atoms with Crippen LogP contribution in [0.15, 0.2) is 55.2 Å². The second-order valence-electron chi connectivity index (χ2n) is 10.5. The lowest BCUT2D eigenvalue weighted by Crippen LogP contribution is -2.36. The van der Waals surface area contributed by atoms with Crippen molar-refractivity contribution in [3.63, 3.8) is 0 Å². The van der Waals surface area contributed by atoms with E-state index < -0.39 is 0 Å². The summed E-state index contributed by atoms with van der Waals surface area (Å²) in [6, 6.07) is 10.4. The summed E-state index contributed by atoms with van der Waals surface area (Å²) in [4.78, 5) is 20.6. The molecule has 0 amide bonds. The van der Waals surface area contributed by atoms with Crippen LogP contribution < -0.4 is 15.4 Å². The van der Waals surface area contributed by atoms with E-state index in [1.54, 1.807) is 0 Å². The highest BCUT2D eigenvalue weighted by molar-refractivity contribution is 5.93. The smallest absolute Gasteiger partial charge is 0.150 e. The predicted molar refractivity (Wildman–Crippen MR) is 157 cm³/mol. The van der Waals surface area contributed by atoms with E-state index in [2.05, 4.69) is 51.2 Å². The number of nitrogens with zero attached hydrogens (tertiary/aromatic N) is 6. The van der Waals surface area contributed by atoms with Crippen molar-refractivity contribution in [3.8, 4) is 11.4 Å². The van der Waals surface area contributed by atoms with Crippen LogP contribution in [0.4, 0.5) is 11.5 Å². The Morgan fingerprint density at radius 2 is 1.98 bits per heavy atom. The van der Waals surface area contributed by atoms with Gasteiger partial charge in [0.2, 0.25) is 0 Å². The van der Waals surface area contributed by atoms with Gasteiger partial charge in [-0.25, -0.2) is 9.97 Å². The van der Waals surface area contributed by atoms with Gasteiger partial charge in [0, 0.05) is 66.1 Å². The van der Waals surface area contributed by atoms with Gasteiger partial charge in [-0.2, -0.15) is 0 Å². The van der Waals surface area contributed by atoms with E-state index in [1.807, 2.05) is 29.1 Å². The number of fused-ring (bicyclic) bond motifs is 2. The summed E-state index contributed by atoms with van der Waals surface area (Å²) in [5.74, 6) is 1.23. The van der Waals surface area contributed by atoms with Crippen LogP contribution in [0.25, 0.3) is 27.6 Å². The minimum Gasteiger partial charge on any atom is -0.489 e. The maximum atomic E-state index is 6.30. The summed E-state index contributed by atoms with van der Waals surface area (Å²) in [5, 5.41) is 1.97. The summed E-state index contributed by atoms with van der Waals surface area (Å²) in [5.41, 5.74) is 13.1. The molecule has 0 unspecified atom stereocenters. The summed E-state index contributed by atoms with van der Waals surface area (Å²) in [6.45, 7) is 6.50. The van der Waals surface area contributed by atoms with Crippen LogP contribution in [-0.4, -0.2) is 57.4 Å². The minimum absolute atomic E-state index is 0.00924. The molecule has 0 radical (unpaired) electrons. The largest absolute Gasteiger partial charge is 0.489 e. The number of nitrogens with two attached hydrogens (primary N) is 1. The molecule has 7 rings (SSSR count). The van der Waals surface area contributed by atoms with Crippen molar-refractivity contribution in [1.29, 1.82) is 0 Å². The number of pyridine rings is 2. The Morgan fingerprint density at radius 3 is 2.80 bits per heavy atom. The van der Waals surface area contributed by atoms with Crippen LogP contribution >= 0.6 is 0 Å². The molecule has 41 heavy (non-hydrogen) atoms. The third-order valence-corrected chi connectivity index (χ3v) is 7.91. The van der Waals surface area contributed by atoms with E-state index in [0.29, 0.717) is 12.4 Å². The van der Waals surface area contributed by atoms with Gasteiger partial charge in [-0.05, 0) is 43.5 Å². The number of aryl methyl sites for hydroxylation is 1. The highest BCUT2D eigenvalue weighted by Crippen LogP contribution is 2.37. The third kappa shape index (κ3) is 4.93. The van der Waals surface area contributed by atoms with Crippen molar-refractivity contribution in [3.05, 3.63) is 72.1 Å². The van der Waals surface area contributed by atoms with E-state index >= 15 is 0 Å². The van der Waals surface area contributed by atoms with Gasteiger partial charge in [-0.3, -0.25) is 14.5 Å². The molecule has 10 heteroatoms. The van der Waals surface area contributed by atoms with Crippen LogP contribution in [0.5, 0.6) is 5.75 Å². The van der Waals surface area contributed by atoms with Crippen molar-refractivity contribution in [2.75, 3.05) is 43.5 Å². The highest BCUT2D eigenvalue weighted by Gasteiger charge is 2.25. The van der Waals surface area contributed by atoms with Crippen LogP contribution in [0.2, 0.25) is 0 Å². The number of hydrogen-bond donors (Lipinski definition) is 1. The Bertz CT molecular complexity index is 1710. The van der Waals surface area contributed by atoms with Gasteiger partial charge < -0.3 is 24.8 Å². The SMILES string of the molecule is CCc1cc(N2CCOCC2)c2ccc(OCc3cncc(-n4cc([C@H]5CCCO5)c5c(N)ncnc54)c3)cc2n1. The summed E-state index contributed by atoms with van der Waals surface area (Å²) < 4.78 is 19.8. The number of morpholine rings is 1. The molecule has 2 aliphatic rings. The van der Waals surface area contributed by atoms with Gasteiger partial charge in [0.15, 0.2) is 0 Å². The van der Waals surface area contributed by atoms with Crippen LogP contribution in [0, 0.1) is 0 Å². The molecule has 2 aliphatic heterocycles. The minimum atomic E-state index is -0.00924. The maximum absolute atomic E-state index is 6.30. The van der Waals surface area contributed by atoms with Crippen molar-refractivity contribution in [1.82, 2.24) is 24.5 Å². The summed E-state index contributed by atoms with van der Waals surface area (Å²) in [6.07, 6.45) is 10.0. The summed E-state index contributed by atoms with van der Waals surface area (Å²) in [7, 11) is 0. The van der Waals surface area contributed by atoms with E-state index in [0.717, 1.165) is 102 Å². The fourth-order valence-electron chi connectivity index (χ4n) is 5.81. The van der Waals surface area contributed by atoms with Crippen LogP contribution in [0.1, 0.15) is 42.7 Å². The zero-order valence-corrected chi connectivity index (χ0v) is 23.1. The van der Waals surface area contributed by atoms with E-state index in [-0.39, 0.29) is 6.10 Å². The second kappa shape index (κ2) is 10.9. The van der Waals surface area contributed by atoms with E-state index in [4.69, 9.17) is 24.9 Å². The quantitative estimate of drug-likeness (QED) is 0.305. The Kier molecular flexibility index (Phi) is 6.85. The normalized spacial score (nSPS) is 17.5. The molecule has 1 atom stereocenters. The molecule has 210 valence electrons. The van der Waals surface area contributed by atoms with Crippen LogP contribution in [-0.2, 0) is 22.5 Å². The molecule has 2 fully saturated rings. The van der Waals surface area contributed by atoms with Gasteiger partial charge >= 0.3 is 0 Å². The zero-order valence-electron chi connectivity index (χ0n) is 23.1. The van der Waals surface area contributed by atoms with Gasteiger partial charge in [0.05, 0.1) is 42.1 Å². The van der Waals surface area contributed by atoms with Crippen molar-refractivity contribution >= 4 is 33.4 Å². The summed E-state index contributed by atoms with van der Waals surface area (Å²) >= 11 is 0. The first kappa shape index (κ1) is 25.7. The molecular formula is C31H33N7O3. The average Bonchev–Trinajstić information content (AvgIpc) is 3.69. The highest BCUT2D eigenvalue weighted by atomic mass is 16.5. The molecule has 6 heterocycles. The number of nitrogen functional groups attached to an aromatic ring is 1. The molecule has 4 aromatic heterocycles. The number of benzene rings is 1. The first-order chi connectivity index (χ1) is 20.2. The molecule has 0 spiro atoms. The third-order valence-electron chi connectivity index (χ3n) is 7.91. The van der Waals surface area contributed by atoms with E-state index in [1.165, 1.54) is 12.0 Å². The first-order valence-electron chi connectivity index (χ1n) is 14.2. The van der Waals surface area contributed by atoms with Gasteiger partial charge in [0.25, 0.3) is 0 Å². The Hall–Kier alpha value is -4.28. The molecular weight excluding hydrogens is 518 g/mol. The van der Waals surface area contributed by atoms with Crippen molar-refractivity contribution < 1.29 is 14.2 Å². The Morgan fingerprint density at radius 1 is 1.07 bits per heavy atom. The molecule has 0 bridgehead atoms. The number of aromatic nitrogens is 5. The molecule has 0 aliphatic carbocycles. The number of anilines is 2. The number of hydrogen-bond acceptors (Lipinski definition) is 9. The van der Waals surface area contributed by atoms with Crippen LogP contribution in [0.3, 0.4) is 0 Å². The number of ether oxygens (including phenoxy) is 3. The van der Waals surface area contributed by atoms with E-state index in [9.17, 15) is 0 Å². The zero-order chi connectivity index (χ0) is 27.8.